The average Bonchev–Trinajstić information content (AvgIpc) is 2.35. The Morgan fingerprint density at radius 3 is 2.91 bits per heavy atom. The minimum absolute atomic E-state index is 0.867. The first-order chi connectivity index (χ1) is 5.29. The Bertz CT molecular complexity index is 394. The standard InChI is InChI=1S/C8H6BrNS/c9-6-3-1-2-5-7(10)4-11-8(5)6/h1-4H,10H2. The molecule has 0 amide bonds. The first-order valence-electron chi connectivity index (χ1n) is 3.20. The van der Waals surface area contributed by atoms with Crippen LogP contribution >= 0.6 is 27.3 Å². The molecule has 1 heterocycles. The van der Waals surface area contributed by atoms with Gasteiger partial charge in [0.1, 0.15) is 0 Å². The van der Waals surface area contributed by atoms with Crippen LogP contribution in [0, 0.1) is 0 Å². The molecule has 0 atom stereocenters. The average molecular weight is 228 g/mol. The van der Waals surface area contributed by atoms with E-state index in [0.29, 0.717) is 0 Å². The highest BCUT2D eigenvalue weighted by molar-refractivity contribution is 9.10. The summed E-state index contributed by atoms with van der Waals surface area (Å²) < 4.78 is 2.35. The Morgan fingerprint density at radius 1 is 1.36 bits per heavy atom. The number of fused-ring (bicyclic) bond motifs is 1. The SMILES string of the molecule is Nc1csc2c(Br)cccc12. The third-order valence-electron chi connectivity index (χ3n) is 1.58. The van der Waals surface area contributed by atoms with E-state index in [0.717, 1.165) is 15.5 Å². The highest BCUT2D eigenvalue weighted by atomic mass is 79.9. The molecule has 0 aliphatic rings. The summed E-state index contributed by atoms with van der Waals surface area (Å²) in [5, 5.41) is 3.11. The molecule has 0 radical (unpaired) electrons. The zero-order valence-electron chi connectivity index (χ0n) is 5.67. The number of hydrogen-bond acceptors (Lipinski definition) is 2. The van der Waals surface area contributed by atoms with E-state index in [2.05, 4.69) is 15.9 Å². The van der Waals surface area contributed by atoms with Gasteiger partial charge in [0.25, 0.3) is 0 Å². The van der Waals surface area contributed by atoms with Crippen LogP contribution in [0.25, 0.3) is 10.1 Å². The summed E-state index contributed by atoms with van der Waals surface area (Å²) in [5.74, 6) is 0. The molecule has 0 unspecified atom stereocenters. The van der Waals surface area contributed by atoms with Crippen LogP contribution in [0.3, 0.4) is 0 Å². The molecule has 0 saturated heterocycles. The Hall–Kier alpha value is -0.540. The first kappa shape index (κ1) is 7.13. The zero-order chi connectivity index (χ0) is 7.84. The summed E-state index contributed by atoms with van der Waals surface area (Å²) in [6, 6.07) is 6.06. The van der Waals surface area contributed by atoms with E-state index in [9.17, 15) is 0 Å². The lowest BCUT2D eigenvalue weighted by molar-refractivity contribution is 1.79. The number of nitrogen functional groups attached to an aromatic ring is 1. The van der Waals surface area contributed by atoms with Crippen LogP contribution in [0.4, 0.5) is 5.69 Å². The van der Waals surface area contributed by atoms with Crippen molar-refractivity contribution in [1.82, 2.24) is 0 Å². The third-order valence-corrected chi connectivity index (χ3v) is 3.55. The van der Waals surface area contributed by atoms with Gasteiger partial charge in [-0.15, -0.1) is 11.3 Å². The predicted molar refractivity (Wildman–Crippen MR) is 53.9 cm³/mol. The Morgan fingerprint density at radius 2 is 2.18 bits per heavy atom. The molecule has 1 nitrogen and oxygen atoms in total. The first-order valence-corrected chi connectivity index (χ1v) is 4.87. The van der Waals surface area contributed by atoms with Crippen molar-refractivity contribution < 1.29 is 0 Å². The Labute approximate surface area is 77.0 Å². The van der Waals surface area contributed by atoms with Crippen LogP contribution in [0.15, 0.2) is 28.1 Å². The molecule has 0 spiro atoms. The van der Waals surface area contributed by atoms with Gasteiger partial charge in [0.15, 0.2) is 0 Å². The van der Waals surface area contributed by atoms with E-state index in [1.54, 1.807) is 11.3 Å². The van der Waals surface area contributed by atoms with Crippen molar-refractivity contribution in [2.75, 3.05) is 5.73 Å². The van der Waals surface area contributed by atoms with Crippen LogP contribution in [-0.4, -0.2) is 0 Å². The van der Waals surface area contributed by atoms with E-state index in [1.807, 2.05) is 23.6 Å². The molecule has 3 heteroatoms. The van der Waals surface area contributed by atoms with Crippen molar-refractivity contribution in [1.29, 1.82) is 0 Å². The fourth-order valence-electron chi connectivity index (χ4n) is 1.04. The molecule has 56 valence electrons. The molecular weight excluding hydrogens is 222 g/mol. The summed E-state index contributed by atoms with van der Waals surface area (Å²) in [6.45, 7) is 0. The minimum atomic E-state index is 0.867. The molecule has 2 N–H and O–H groups in total. The number of thiophene rings is 1. The van der Waals surface area contributed by atoms with Gasteiger partial charge >= 0.3 is 0 Å². The van der Waals surface area contributed by atoms with E-state index in [-0.39, 0.29) is 0 Å². The minimum Gasteiger partial charge on any atom is -0.398 e. The molecule has 0 fully saturated rings. The number of hydrogen-bond donors (Lipinski definition) is 1. The number of anilines is 1. The number of benzene rings is 1. The maximum absolute atomic E-state index is 5.73. The zero-order valence-corrected chi connectivity index (χ0v) is 8.08. The van der Waals surface area contributed by atoms with Gasteiger partial charge in [-0.3, -0.25) is 0 Å². The van der Waals surface area contributed by atoms with Crippen molar-refractivity contribution in [2.45, 2.75) is 0 Å². The van der Waals surface area contributed by atoms with Crippen LogP contribution in [0.1, 0.15) is 0 Å². The van der Waals surface area contributed by atoms with E-state index in [1.165, 1.54) is 4.70 Å². The number of nitrogens with two attached hydrogens (primary N) is 1. The van der Waals surface area contributed by atoms with E-state index < -0.39 is 0 Å². The lowest BCUT2D eigenvalue weighted by Gasteiger charge is -1.92. The molecular formula is C8H6BrNS. The summed E-state index contributed by atoms with van der Waals surface area (Å²) in [6.07, 6.45) is 0. The highest BCUT2D eigenvalue weighted by Gasteiger charge is 2.01. The van der Waals surface area contributed by atoms with Gasteiger partial charge in [0.05, 0.1) is 10.4 Å². The van der Waals surface area contributed by atoms with Gasteiger partial charge in [0.2, 0.25) is 0 Å². The van der Waals surface area contributed by atoms with E-state index in [4.69, 9.17) is 5.73 Å². The van der Waals surface area contributed by atoms with Crippen LogP contribution in [-0.2, 0) is 0 Å². The van der Waals surface area contributed by atoms with Crippen molar-refractivity contribution in [3.63, 3.8) is 0 Å². The lowest BCUT2D eigenvalue weighted by atomic mass is 10.2. The van der Waals surface area contributed by atoms with Gasteiger partial charge in [-0.2, -0.15) is 0 Å². The fourth-order valence-corrected chi connectivity index (χ4v) is 2.55. The summed E-state index contributed by atoms with van der Waals surface area (Å²) in [5.41, 5.74) is 6.60. The predicted octanol–water partition coefficient (Wildman–Crippen LogP) is 3.25. The summed E-state index contributed by atoms with van der Waals surface area (Å²) in [4.78, 5) is 0. The fraction of sp³-hybridized carbons (Fsp3) is 0. The Kier molecular flexibility index (Phi) is 1.62. The molecule has 0 bridgehead atoms. The number of halogens is 1. The van der Waals surface area contributed by atoms with Crippen molar-refractivity contribution in [2.24, 2.45) is 0 Å². The molecule has 0 aliphatic carbocycles. The highest BCUT2D eigenvalue weighted by Crippen LogP contribution is 2.33. The summed E-state index contributed by atoms with van der Waals surface area (Å²) in [7, 11) is 0. The number of rotatable bonds is 0. The largest absolute Gasteiger partial charge is 0.398 e. The van der Waals surface area contributed by atoms with Gasteiger partial charge in [-0.05, 0) is 22.0 Å². The summed E-state index contributed by atoms with van der Waals surface area (Å²) >= 11 is 5.13. The molecule has 11 heavy (non-hydrogen) atoms. The van der Waals surface area contributed by atoms with Crippen LogP contribution in [0.5, 0.6) is 0 Å². The van der Waals surface area contributed by atoms with Gasteiger partial charge in [-0.25, -0.2) is 0 Å². The lowest BCUT2D eigenvalue weighted by Crippen LogP contribution is -1.79. The molecule has 2 rings (SSSR count). The maximum Gasteiger partial charge on any atom is 0.0506 e. The molecule has 0 aliphatic heterocycles. The van der Waals surface area contributed by atoms with Gasteiger partial charge < -0.3 is 5.73 Å². The van der Waals surface area contributed by atoms with Gasteiger partial charge in [-0.1, -0.05) is 12.1 Å². The van der Waals surface area contributed by atoms with Gasteiger partial charge in [0, 0.05) is 15.2 Å². The van der Waals surface area contributed by atoms with Crippen molar-refractivity contribution in [3.05, 3.63) is 28.1 Å². The van der Waals surface area contributed by atoms with Crippen molar-refractivity contribution >= 4 is 43.0 Å². The van der Waals surface area contributed by atoms with Crippen LogP contribution in [0.2, 0.25) is 0 Å². The quantitative estimate of drug-likeness (QED) is 0.735. The topological polar surface area (TPSA) is 26.0 Å². The third kappa shape index (κ3) is 1.04. The smallest absolute Gasteiger partial charge is 0.0506 e. The van der Waals surface area contributed by atoms with E-state index >= 15 is 0 Å². The second kappa shape index (κ2) is 2.50. The monoisotopic (exact) mass is 227 g/mol. The maximum atomic E-state index is 5.73. The normalized spacial score (nSPS) is 10.6. The Balaban J connectivity index is 2.94. The second-order valence-electron chi connectivity index (χ2n) is 2.31. The second-order valence-corrected chi connectivity index (χ2v) is 4.04. The molecule has 1 aromatic carbocycles. The van der Waals surface area contributed by atoms with Crippen molar-refractivity contribution in [3.8, 4) is 0 Å². The molecule has 0 saturated carbocycles. The molecule has 1 aromatic heterocycles. The molecule has 2 aromatic rings. The van der Waals surface area contributed by atoms with Crippen LogP contribution < -0.4 is 5.73 Å².